The quantitative estimate of drug-likeness (QED) is 0.907. The van der Waals surface area contributed by atoms with E-state index in [0.29, 0.717) is 19.6 Å². The van der Waals surface area contributed by atoms with E-state index in [1.165, 1.54) is 0 Å². The first-order valence-electron chi connectivity index (χ1n) is 6.88. The third-order valence-corrected chi connectivity index (χ3v) is 3.79. The van der Waals surface area contributed by atoms with E-state index >= 15 is 0 Å². The lowest BCUT2D eigenvalue weighted by Gasteiger charge is -2.16. The SMILES string of the molecule is CSCCC(=O)N[C@@H](C)c1ccc2c(c1)OCCCO2. The summed E-state index contributed by atoms with van der Waals surface area (Å²) in [7, 11) is 0. The average molecular weight is 295 g/mol. The molecule has 0 unspecified atom stereocenters. The second kappa shape index (κ2) is 7.43. The van der Waals surface area contributed by atoms with Crippen LogP contribution in [0.25, 0.3) is 0 Å². The Kier molecular flexibility index (Phi) is 5.59. The molecular formula is C15H21NO3S. The topological polar surface area (TPSA) is 47.6 Å². The molecular weight excluding hydrogens is 274 g/mol. The average Bonchev–Trinajstić information content (AvgIpc) is 2.69. The number of nitrogens with one attached hydrogen (secondary N) is 1. The van der Waals surface area contributed by atoms with Crippen molar-refractivity contribution in [2.24, 2.45) is 0 Å². The van der Waals surface area contributed by atoms with Crippen molar-refractivity contribution >= 4 is 17.7 Å². The van der Waals surface area contributed by atoms with Gasteiger partial charge in [-0.05, 0) is 30.9 Å². The van der Waals surface area contributed by atoms with Crippen molar-refractivity contribution in [1.29, 1.82) is 0 Å². The number of carbonyl (C=O) groups is 1. The van der Waals surface area contributed by atoms with E-state index in [4.69, 9.17) is 9.47 Å². The minimum absolute atomic E-state index is 0.0264. The van der Waals surface area contributed by atoms with E-state index in [2.05, 4.69) is 5.32 Å². The van der Waals surface area contributed by atoms with E-state index in [9.17, 15) is 4.79 Å². The highest BCUT2D eigenvalue weighted by molar-refractivity contribution is 7.98. The number of benzene rings is 1. The minimum Gasteiger partial charge on any atom is -0.490 e. The van der Waals surface area contributed by atoms with Crippen LogP contribution < -0.4 is 14.8 Å². The van der Waals surface area contributed by atoms with Gasteiger partial charge in [-0.1, -0.05) is 6.07 Å². The molecule has 2 rings (SSSR count). The molecule has 0 saturated carbocycles. The predicted octanol–water partition coefficient (Wildman–Crippen LogP) is 2.78. The molecule has 4 nitrogen and oxygen atoms in total. The Labute approximate surface area is 124 Å². The largest absolute Gasteiger partial charge is 0.490 e. The van der Waals surface area contributed by atoms with Gasteiger partial charge < -0.3 is 14.8 Å². The molecule has 0 aliphatic carbocycles. The summed E-state index contributed by atoms with van der Waals surface area (Å²) in [4.78, 5) is 11.7. The smallest absolute Gasteiger partial charge is 0.221 e. The molecule has 0 saturated heterocycles. The van der Waals surface area contributed by atoms with Crippen molar-refractivity contribution in [2.75, 3.05) is 25.2 Å². The number of thioether (sulfide) groups is 1. The number of hydrogen-bond acceptors (Lipinski definition) is 4. The molecule has 0 fully saturated rings. The van der Waals surface area contributed by atoms with E-state index in [1.54, 1.807) is 11.8 Å². The van der Waals surface area contributed by atoms with Crippen LogP contribution in [-0.2, 0) is 4.79 Å². The Morgan fingerprint density at radius 3 is 2.85 bits per heavy atom. The van der Waals surface area contributed by atoms with E-state index in [-0.39, 0.29) is 11.9 Å². The molecule has 0 bridgehead atoms. The highest BCUT2D eigenvalue weighted by atomic mass is 32.2. The third-order valence-electron chi connectivity index (χ3n) is 3.18. The fourth-order valence-electron chi connectivity index (χ4n) is 2.04. The van der Waals surface area contributed by atoms with Gasteiger partial charge in [0.2, 0.25) is 5.91 Å². The lowest BCUT2D eigenvalue weighted by molar-refractivity contribution is -0.121. The number of hydrogen-bond donors (Lipinski definition) is 1. The summed E-state index contributed by atoms with van der Waals surface area (Å²) >= 11 is 1.68. The molecule has 20 heavy (non-hydrogen) atoms. The zero-order valence-electron chi connectivity index (χ0n) is 12.0. The van der Waals surface area contributed by atoms with Gasteiger partial charge >= 0.3 is 0 Å². The van der Waals surface area contributed by atoms with Crippen molar-refractivity contribution in [2.45, 2.75) is 25.8 Å². The Hall–Kier alpha value is -1.36. The lowest BCUT2D eigenvalue weighted by atomic mass is 10.1. The summed E-state index contributed by atoms with van der Waals surface area (Å²) in [5, 5.41) is 3.00. The zero-order valence-corrected chi connectivity index (χ0v) is 12.8. The van der Waals surface area contributed by atoms with Gasteiger partial charge in [0.25, 0.3) is 0 Å². The number of amides is 1. The maximum absolute atomic E-state index is 11.7. The van der Waals surface area contributed by atoms with E-state index < -0.39 is 0 Å². The van der Waals surface area contributed by atoms with Crippen LogP contribution in [0, 0.1) is 0 Å². The summed E-state index contributed by atoms with van der Waals surface area (Å²) in [6.07, 6.45) is 3.45. The zero-order chi connectivity index (χ0) is 14.4. The second-order valence-corrected chi connectivity index (χ2v) is 5.77. The van der Waals surface area contributed by atoms with Gasteiger partial charge in [-0.15, -0.1) is 0 Å². The molecule has 1 aromatic carbocycles. The van der Waals surface area contributed by atoms with Gasteiger partial charge in [0, 0.05) is 18.6 Å². The molecule has 1 aliphatic rings. The van der Waals surface area contributed by atoms with Crippen LogP contribution in [0.1, 0.15) is 31.4 Å². The predicted molar refractivity (Wildman–Crippen MR) is 81.6 cm³/mol. The highest BCUT2D eigenvalue weighted by Gasteiger charge is 2.14. The fourth-order valence-corrected chi connectivity index (χ4v) is 2.43. The third kappa shape index (κ3) is 4.07. The lowest BCUT2D eigenvalue weighted by Crippen LogP contribution is -2.26. The first-order valence-corrected chi connectivity index (χ1v) is 8.28. The van der Waals surface area contributed by atoms with Gasteiger partial charge in [0.05, 0.1) is 19.3 Å². The van der Waals surface area contributed by atoms with Crippen LogP contribution in [-0.4, -0.2) is 31.1 Å². The summed E-state index contributed by atoms with van der Waals surface area (Å²) in [6, 6.07) is 5.83. The maximum atomic E-state index is 11.7. The molecule has 0 spiro atoms. The van der Waals surface area contributed by atoms with Gasteiger partial charge in [-0.25, -0.2) is 0 Å². The molecule has 1 amide bonds. The molecule has 1 heterocycles. The highest BCUT2D eigenvalue weighted by Crippen LogP contribution is 2.32. The van der Waals surface area contributed by atoms with Crippen molar-refractivity contribution in [3.8, 4) is 11.5 Å². The number of rotatable bonds is 5. The van der Waals surface area contributed by atoms with Crippen LogP contribution in [0.4, 0.5) is 0 Å². The van der Waals surface area contributed by atoms with E-state index in [0.717, 1.165) is 29.2 Å². The van der Waals surface area contributed by atoms with Crippen LogP contribution in [0.5, 0.6) is 11.5 Å². The van der Waals surface area contributed by atoms with Crippen LogP contribution in [0.2, 0.25) is 0 Å². The fraction of sp³-hybridized carbons (Fsp3) is 0.533. The Balaban J connectivity index is 2.01. The van der Waals surface area contributed by atoms with Gasteiger partial charge in [-0.3, -0.25) is 4.79 Å². The van der Waals surface area contributed by atoms with E-state index in [1.807, 2.05) is 31.4 Å². The standard InChI is InChI=1S/C15H21NO3S/c1-11(16-15(17)6-9-20-2)12-4-5-13-14(10-12)19-8-3-7-18-13/h4-5,10-11H,3,6-9H2,1-2H3,(H,16,17)/t11-/m0/s1. The Bertz CT molecular complexity index is 464. The minimum atomic E-state index is -0.0264. The summed E-state index contributed by atoms with van der Waals surface area (Å²) in [5.74, 6) is 2.48. The molecule has 1 aromatic rings. The maximum Gasteiger partial charge on any atom is 0.221 e. The number of ether oxygens (including phenoxy) is 2. The van der Waals surface area contributed by atoms with Crippen molar-refractivity contribution < 1.29 is 14.3 Å². The molecule has 1 N–H and O–H groups in total. The molecule has 110 valence electrons. The second-order valence-electron chi connectivity index (χ2n) is 4.79. The van der Waals surface area contributed by atoms with Crippen molar-refractivity contribution in [3.63, 3.8) is 0 Å². The first kappa shape index (κ1) is 15.0. The van der Waals surface area contributed by atoms with Crippen LogP contribution in [0.3, 0.4) is 0 Å². The van der Waals surface area contributed by atoms with Crippen molar-refractivity contribution in [3.05, 3.63) is 23.8 Å². The monoisotopic (exact) mass is 295 g/mol. The molecule has 0 aromatic heterocycles. The van der Waals surface area contributed by atoms with Crippen LogP contribution >= 0.6 is 11.8 Å². The molecule has 1 atom stereocenters. The summed E-state index contributed by atoms with van der Waals surface area (Å²) in [5.41, 5.74) is 1.03. The van der Waals surface area contributed by atoms with Crippen LogP contribution in [0.15, 0.2) is 18.2 Å². The first-order chi connectivity index (χ1) is 9.70. The Morgan fingerprint density at radius 2 is 2.10 bits per heavy atom. The number of fused-ring (bicyclic) bond motifs is 1. The normalized spacial score (nSPS) is 15.3. The summed E-state index contributed by atoms with van der Waals surface area (Å²) in [6.45, 7) is 3.34. The summed E-state index contributed by atoms with van der Waals surface area (Å²) < 4.78 is 11.3. The molecule has 5 heteroatoms. The Morgan fingerprint density at radius 1 is 1.35 bits per heavy atom. The number of carbonyl (C=O) groups excluding carboxylic acids is 1. The molecule has 1 aliphatic heterocycles. The van der Waals surface area contributed by atoms with Crippen molar-refractivity contribution in [1.82, 2.24) is 5.32 Å². The van der Waals surface area contributed by atoms with Gasteiger partial charge in [-0.2, -0.15) is 11.8 Å². The van der Waals surface area contributed by atoms with Gasteiger partial charge in [0.15, 0.2) is 11.5 Å². The van der Waals surface area contributed by atoms with Gasteiger partial charge in [0.1, 0.15) is 0 Å². The molecule has 0 radical (unpaired) electrons.